The van der Waals surface area contributed by atoms with Crippen LogP contribution in [0.25, 0.3) is 16.6 Å². The lowest BCUT2D eigenvalue weighted by atomic mass is 10.0. The van der Waals surface area contributed by atoms with Crippen LogP contribution in [0.2, 0.25) is 0 Å². The molecule has 0 spiro atoms. The fraction of sp³-hybridized carbons (Fsp3) is 0.333. The predicted octanol–water partition coefficient (Wildman–Crippen LogP) is 3.49. The zero-order valence-corrected chi connectivity index (χ0v) is 19.5. The number of aromatic amines is 1. The molecule has 2 heterocycles. The topological polar surface area (TPSA) is 113 Å². The van der Waals surface area contributed by atoms with E-state index in [1.807, 2.05) is 47.4 Å². The molecule has 2 aromatic carbocycles. The number of para-hydroxylation sites is 2. The molecular formula is C24H27N5O3S. The molecule has 0 amide bonds. The fourth-order valence-corrected chi connectivity index (χ4v) is 5.34. The zero-order chi connectivity index (χ0) is 23.6. The van der Waals surface area contributed by atoms with Crippen molar-refractivity contribution in [2.75, 3.05) is 32.7 Å². The molecule has 0 saturated carbocycles. The molecule has 0 bridgehead atoms. The summed E-state index contributed by atoms with van der Waals surface area (Å²) in [4.78, 5) is 9.68. The Morgan fingerprint density at radius 1 is 1.12 bits per heavy atom. The third-order valence-corrected chi connectivity index (χ3v) is 7.83. The number of nitrogens with one attached hydrogen (secondary N) is 1. The highest BCUT2D eigenvalue weighted by Crippen LogP contribution is 2.23. The Labute approximate surface area is 193 Å². The lowest BCUT2D eigenvalue weighted by molar-refractivity contribution is 0.182. The first-order valence-electron chi connectivity index (χ1n) is 10.9. The van der Waals surface area contributed by atoms with Gasteiger partial charge in [-0.25, -0.2) is 13.4 Å². The van der Waals surface area contributed by atoms with E-state index < -0.39 is 10.0 Å². The van der Waals surface area contributed by atoms with Crippen LogP contribution >= 0.6 is 0 Å². The molecule has 1 aliphatic rings. The van der Waals surface area contributed by atoms with Gasteiger partial charge in [0.15, 0.2) is 5.82 Å². The maximum atomic E-state index is 13.0. The summed E-state index contributed by atoms with van der Waals surface area (Å²) in [6.07, 6.45) is 0. The molecule has 1 saturated heterocycles. The molecule has 3 aromatic rings. The summed E-state index contributed by atoms with van der Waals surface area (Å²) in [5, 5.41) is 20.2. The summed E-state index contributed by atoms with van der Waals surface area (Å²) in [6, 6.07) is 16.5. The van der Waals surface area contributed by atoms with Crippen LogP contribution in [-0.2, 0) is 10.0 Å². The number of fused-ring (bicyclic) bond motifs is 1. The number of rotatable bonds is 6. The van der Waals surface area contributed by atoms with Crippen LogP contribution in [0.15, 0.2) is 59.2 Å². The Morgan fingerprint density at radius 3 is 2.39 bits per heavy atom. The molecule has 1 fully saturated rings. The van der Waals surface area contributed by atoms with Gasteiger partial charge in [0.1, 0.15) is 17.4 Å². The van der Waals surface area contributed by atoms with Crippen molar-refractivity contribution in [3.8, 4) is 6.07 Å². The van der Waals surface area contributed by atoms with Gasteiger partial charge in [0.25, 0.3) is 0 Å². The second-order valence-corrected chi connectivity index (χ2v) is 10.4. The van der Waals surface area contributed by atoms with E-state index in [-0.39, 0.29) is 17.9 Å². The predicted molar refractivity (Wildman–Crippen MR) is 127 cm³/mol. The van der Waals surface area contributed by atoms with Crippen molar-refractivity contribution in [1.29, 1.82) is 5.26 Å². The van der Waals surface area contributed by atoms with Gasteiger partial charge in [-0.1, -0.05) is 38.1 Å². The highest BCUT2D eigenvalue weighted by Gasteiger charge is 2.29. The minimum absolute atomic E-state index is 0.0860. The van der Waals surface area contributed by atoms with Crippen LogP contribution < -0.4 is 0 Å². The standard InChI is InChI=1S/C24H27N5O3S/c1-17(2)18-7-9-19(10-8-18)33(31,32)29-13-11-28(12-14-29)16-23(30)20(15-25)24-26-21-5-3-4-6-22(21)27-24/h3-10,17,30H,11-14,16H2,1-2H3,(H,26,27). The van der Waals surface area contributed by atoms with Crippen LogP contribution in [0.4, 0.5) is 0 Å². The number of aromatic nitrogens is 2. The smallest absolute Gasteiger partial charge is 0.243 e. The van der Waals surface area contributed by atoms with Gasteiger partial charge in [-0.2, -0.15) is 9.57 Å². The number of imidazole rings is 1. The lowest BCUT2D eigenvalue weighted by Gasteiger charge is -2.33. The van der Waals surface area contributed by atoms with E-state index in [9.17, 15) is 18.8 Å². The Morgan fingerprint density at radius 2 is 1.79 bits per heavy atom. The normalized spacial score (nSPS) is 16.7. The van der Waals surface area contributed by atoms with Gasteiger partial charge in [0, 0.05) is 26.2 Å². The quantitative estimate of drug-likeness (QED) is 0.426. The molecule has 8 nitrogen and oxygen atoms in total. The summed E-state index contributed by atoms with van der Waals surface area (Å²) >= 11 is 0. The number of hydrogen-bond donors (Lipinski definition) is 2. The van der Waals surface area contributed by atoms with Crippen molar-refractivity contribution in [3.05, 3.63) is 65.7 Å². The van der Waals surface area contributed by atoms with E-state index in [0.29, 0.717) is 48.3 Å². The summed E-state index contributed by atoms with van der Waals surface area (Å²) in [5.74, 6) is 0.572. The minimum atomic E-state index is -3.57. The van der Waals surface area contributed by atoms with E-state index in [4.69, 9.17) is 0 Å². The third-order valence-electron chi connectivity index (χ3n) is 5.92. The number of hydrogen-bond acceptors (Lipinski definition) is 6. The fourth-order valence-electron chi connectivity index (χ4n) is 3.92. The minimum Gasteiger partial charge on any atom is -0.509 e. The first-order valence-corrected chi connectivity index (χ1v) is 12.3. The average Bonchev–Trinajstić information content (AvgIpc) is 3.23. The van der Waals surface area contributed by atoms with Crippen LogP contribution in [0.1, 0.15) is 31.2 Å². The Bertz CT molecular complexity index is 1280. The van der Waals surface area contributed by atoms with E-state index >= 15 is 0 Å². The molecule has 9 heteroatoms. The van der Waals surface area contributed by atoms with Crippen molar-refractivity contribution in [1.82, 2.24) is 19.2 Å². The van der Waals surface area contributed by atoms with Crippen molar-refractivity contribution in [2.45, 2.75) is 24.7 Å². The highest BCUT2D eigenvalue weighted by molar-refractivity contribution is 7.89. The second-order valence-electron chi connectivity index (χ2n) is 8.44. The molecule has 33 heavy (non-hydrogen) atoms. The zero-order valence-electron chi connectivity index (χ0n) is 18.7. The Balaban J connectivity index is 1.43. The second kappa shape index (κ2) is 9.35. The summed E-state index contributed by atoms with van der Waals surface area (Å²) in [7, 11) is -3.57. The number of piperazine rings is 1. The van der Waals surface area contributed by atoms with Gasteiger partial charge in [0.2, 0.25) is 10.0 Å². The van der Waals surface area contributed by atoms with Gasteiger partial charge < -0.3 is 10.1 Å². The number of nitriles is 1. The molecule has 0 unspecified atom stereocenters. The summed E-state index contributed by atoms with van der Waals surface area (Å²) < 4.78 is 27.5. The molecule has 0 aliphatic carbocycles. The largest absolute Gasteiger partial charge is 0.509 e. The molecule has 2 N–H and O–H groups in total. The summed E-state index contributed by atoms with van der Waals surface area (Å²) in [5.41, 5.74) is 2.69. The number of aliphatic hydroxyl groups excluding tert-OH is 1. The Hall–Kier alpha value is -3.19. The van der Waals surface area contributed by atoms with E-state index in [2.05, 4.69) is 23.8 Å². The number of allylic oxidation sites excluding steroid dienone is 1. The monoisotopic (exact) mass is 465 g/mol. The number of benzene rings is 2. The van der Waals surface area contributed by atoms with Crippen LogP contribution in [0, 0.1) is 11.3 Å². The molecular weight excluding hydrogens is 438 g/mol. The SMILES string of the molecule is CC(C)c1ccc(S(=O)(=O)N2CCN(CC(O)=C(C#N)c3nc4ccccc4[nH]3)CC2)cc1. The van der Waals surface area contributed by atoms with Crippen molar-refractivity contribution in [3.63, 3.8) is 0 Å². The van der Waals surface area contributed by atoms with Crippen LogP contribution in [0.3, 0.4) is 0 Å². The summed E-state index contributed by atoms with van der Waals surface area (Å²) in [6.45, 7) is 5.81. The lowest BCUT2D eigenvalue weighted by Crippen LogP contribution is -2.49. The van der Waals surface area contributed by atoms with Gasteiger partial charge in [0.05, 0.1) is 22.5 Å². The number of H-pyrrole nitrogens is 1. The molecule has 0 radical (unpaired) electrons. The van der Waals surface area contributed by atoms with Crippen molar-refractivity contribution < 1.29 is 13.5 Å². The number of sulfonamides is 1. The average molecular weight is 466 g/mol. The molecule has 4 rings (SSSR count). The van der Waals surface area contributed by atoms with Gasteiger partial charge in [-0.15, -0.1) is 0 Å². The van der Waals surface area contributed by atoms with Crippen LogP contribution in [0.5, 0.6) is 0 Å². The van der Waals surface area contributed by atoms with Crippen LogP contribution in [-0.4, -0.2) is 65.4 Å². The maximum Gasteiger partial charge on any atom is 0.243 e. The third kappa shape index (κ3) is 4.78. The molecule has 1 aliphatic heterocycles. The van der Waals surface area contributed by atoms with Gasteiger partial charge in [-0.05, 0) is 35.7 Å². The molecule has 1 aromatic heterocycles. The molecule has 0 atom stereocenters. The van der Waals surface area contributed by atoms with Gasteiger partial charge in [-0.3, -0.25) is 4.90 Å². The maximum absolute atomic E-state index is 13.0. The van der Waals surface area contributed by atoms with Gasteiger partial charge >= 0.3 is 0 Å². The first-order chi connectivity index (χ1) is 15.8. The first kappa shape index (κ1) is 23.0. The number of aliphatic hydroxyl groups is 1. The Kier molecular flexibility index (Phi) is 6.51. The highest BCUT2D eigenvalue weighted by atomic mass is 32.2. The van der Waals surface area contributed by atoms with E-state index in [1.54, 1.807) is 12.1 Å². The molecule has 172 valence electrons. The number of nitrogens with zero attached hydrogens (tertiary/aromatic N) is 4. The van der Waals surface area contributed by atoms with Crippen molar-refractivity contribution >= 4 is 26.6 Å². The van der Waals surface area contributed by atoms with E-state index in [0.717, 1.165) is 11.1 Å². The van der Waals surface area contributed by atoms with Crippen molar-refractivity contribution in [2.24, 2.45) is 0 Å². The van der Waals surface area contributed by atoms with E-state index in [1.165, 1.54) is 4.31 Å².